The summed E-state index contributed by atoms with van der Waals surface area (Å²) in [7, 11) is 1.20. The van der Waals surface area contributed by atoms with Gasteiger partial charge in [0.1, 0.15) is 12.1 Å². The molecule has 10 nitrogen and oxygen atoms in total. The molecule has 1 rings (SSSR count). The molecule has 0 aromatic carbocycles. The molecular formula is C18H31N3O7. The SMILES string of the molecule is CCC(C)C(C(=O)OC)C(O)C(=O)NC1CC1CC(NC(=O)C(C)N)C(=O)O. The number of carbonyl (C=O) groups is 4. The number of amides is 2. The molecule has 0 aliphatic heterocycles. The topological polar surface area (TPSA) is 168 Å². The van der Waals surface area contributed by atoms with E-state index in [2.05, 4.69) is 15.4 Å². The Hall–Kier alpha value is -2.20. The van der Waals surface area contributed by atoms with Crippen LogP contribution in [0.15, 0.2) is 0 Å². The number of nitrogens with two attached hydrogens (primary N) is 1. The summed E-state index contributed by atoms with van der Waals surface area (Å²) in [6.45, 7) is 5.03. The van der Waals surface area contributed by atoms with E-state index in [1.165, 1.54) is 14.0 Å². The number of aliphatic hydroxyl groups is 1. The fourth-order valence-electron chi connectivity index (χ4n) is 3.01. The Morgan fingerprint density at radius 1 is 1.21 bits per heavy atom. The Labute approximate surface area is 164 Å². The van der Waals surface area contributed by atoms with Crippen LogP contribution in [0.5, 0.6) is 0 Å². The van der Waals surface area contributed by atoms with Gasteiger partial charge in [0, 0.05) is 6.04 Å². The third-order valence-corrected chi connectivity index (χ3v) is 5.16. The fourth-order valence-corrected chi connectivity index (χ4v) is 3.01. The first-order valence-electron chi connectivity index (χ1n) is 9.38. The molecule has 0 aromatic heterocycles. The second-order valence-corrected chi connectivity index (χ2v) is 7.41. The Bertz CT molecular complexity index is 596. The molecule has 10 heteroatoms. The molecule has 7 atom stereocenters. The maximum Gasteiger partial charge on any atom is 0.326 e. The van der Waals surface area contributed by atoms with Gasteiger partial charge in [-0.25, -0.2) is 4.79 Å². The Balaban J connectivity index is 2.63. The van der Waals surface area contributed by atoms with Gasteiger partial charge in [-0.3, -0.25) is 14.4 Å². The molecule has 28 heavy (non-hydrogen) atoms. The zero-order valence-corrected chi connectivity index (χ0v) is 16.7. The van der Waals surface area contributed by atoms with Crippen LogP contribution in [0, 0.1) is 17.8 Å². The zero-order valence-electron chi connectivity index (χ0n) is 16.7. The van der Waals surface area contributed by atoms with Crippen molar-refractivity contribution in [2.45, 2.75) is 64.3 Å². The first-order chi connectivity index (χ1) is 13.0. The van der Waals surface area contributed by atoms with Crippen molar-refractivity contribution in [3.05, 3.63) is 0 Å². The molecule has 1 saturated carbocycles. The molecule has 0 bridgehead atoms. The summed E-state index contributed by atoms with van der Waals surface area (Å²) in [5, 5.41) is 24.6. The van der Waals surface area contributed by atoms with Crippen LogP contribution < -0.4 is 16.4 Å². The molecule has 1 aliphatic rings. The van der Waals surface area contributed by atoms with Gasteiger partial charge >= 0.3 is 11.9 Å². The third kappa shape index (κ3) is 6.45. The predicted molar refractivity (Wildman–Crippen MR) is 98.8 cm³/mol. The van der Waals surface area contributed by atoms with E-state index in [0.717, 1.165) is 0 Å². The summed E-state index contributed by atoms with van der Waals surface area (Å²) in [5.74, 6) is -4.51. The summed E-state index contributed by atoms with van der Waals surface area (Å²) < 4.78 is 4.69. The highest BCUT2D eigenvalue weighted by atomic mass is 16.5. The molecule has 6 N–H and O–H groups in total. The fraction of sp³-hybridized carbons (Fsp3) is 0.778. The third-order valence-electron chi connectivity index (χ3n) is 5.16. The van der Waals surface area contributed by atoms with Crippen molar-refractivity contribution in [1.29, 1.82) is 0 Å². The largest absolute Gasteiger partial charge is 0.480 e. The lowest BCUT2D eigenvalue weighted by atomic mass is 9.86. The second kappa shape index (κ2) is 10.4. The minimum atomic E-state index is -1.56. The van der Waals surface area contributed by atoms with Crippen molar-refractivity contribution < 1.29 is 34.1 Å². The molecule has 0 saturated heterocycles. The number of carboxylic acid groups (broad SMARTS) is 1. The van der Waals surface area contributed by atoms with Crippen LogP contribution >= 0.6 is 0 Å². The van der Waals surface area contributed by atoms with Gasteiger partial charge in [0.2, 0.25) is 11.8 Å². The number of esters is 1. The normalized spacial score (nSPS) is 23.5. The van der Waals surface area contributed by atoms with E-state index in [9.17, 15) is 29.4 Å². The number of nitrogens with one attached hydrogen (secondary N) is 2. The van der Waals surface area contributed by atoms with Crippen molar-refractivity contribution in [1.82, 2.24) is 10.6 Å². The molecule has 1 aliphatic carbocycles. The molecule has 0 aromatic rings. The van der Waals surface area contributed by atoms with Gasteiger partial charge in [0.25, 0.3) is 0 Å². The summed E-state index contributed by atoms with van der Waals surface area (Å²) in [6, 6.07) is -2.27. The highest BCUT2D eigenvalue weighted by Crippen LogP contribution is 2.35. The lowest BCUT2D eigenvalue weighted by Gasteiger charge is -2.25. The van der Waals surface area contributed by atoms with Crippen molar-refractivity contribution >= 4 is 23.8 Å². The number of rotatable bonds is 11. The van der Waals surface area contributed by atoms with Gasteiger partial charge in [-0.1, -0.05) is 20.3 Å². The van der Waals surface area contributed by atoms with Crippen LogP contribution in [0.1, 0.15) is 40.0 Å². The number of hydrogen-bond donors (Lipinski definition) is 5. The van der Waals surface area contributed by atoms with E-state index in [0.29, 0.717) is 12.8 Å². The van der Waals surface area contributed by atoms with E-state index >= 15 is 0 Å². The lowest BCUT2D eigenvalue weighted by molar-refractivity contribution is -0.156. The Kier molecular flexibility index (Phi) is 8.83. The van der Waals surface area contributed by atoms with Crippen LogP contribution in [0.3, 0.4) is 0 Å². The Morgan fingerprint density at radius 3 is 2.29 bits per heavy atom. The number of carboxylic acids is 1. The number of aliphatic hydroxyl groups excluding tert-OH is 1. The minimum absolute atomic E-state index is 0.126. The number of aliphatic carboxylic acids is 1. The highest BCUT2D eigenvalue weighted by Gasteiger charge is 2.44. The number of hydrogen-bond acceptors (Lipinski definition) is 7. The van der Waals surface area contributed by atoms with Crippen molar-refractivity contribution in [3.63, 3.8) is 0 Å². The van der Waals surface area contributed by atoms with E-state index in [1.807, 2.05) is 6.92 Å². The van der Waals surface area contributed by atoms with Gasteiger partial charge < -0.3 is 31.3 Å². The van der Waals surface area contributed by atoms with Crippen LogP contribution in [-0.2, 0) is 23.9 Å². The molecule has 0 heterocycles. The summed E-state index contributed by atoms with van der Waals surface area (Å²) >= 11 is 0. The molecule has 0 radical (unpaired) electrons. The standard InChI is InChI=1S/C18H31N3O7/c1-5-8(2)13(18(27)28-4)14(22)16(24)20-11-6-10(11)7-12(17(25)26)21-15(23)9(3)19/h8-14,22H,5-7,19H2,1-4H3,(H,20,24)(H,21,23)(H,25,26). The maximum absolute atomic E-state index is 12.3. The molecule has 2 amide bonds. The monoisotopic (exact) mass is 401 g/mol. The van der Waals surface area contributed by atoms with Crippen molar-refractivity contribution in [3.8, 4) is 0 Å². The van der Waals surface area contributed by atoms with Gasteiger partial charge in [0.15, 0.2) is 0 Å². The van der Waals surface area contributed by atoms with Crippen LogP contribution in [0.2, 0.25) is 0 Å². The zero-order chi connectivity index (χ0) is 21.6. The molecule has 160 valence electrons. The average molecular weight is 401 g/mol. The lowest BCUT2D eigenvalue weighted by Crippen LogP contribution is -2.48. The van der Waals surface area contributed by atoms with Gasteiger partial charge in [0.05, 0.1) is 19.1 Å². The van der Waals surface area contributed by atoms with Gasteiger partial charge in [-0.05, 0) is 31.6 Å². The van der Waals surface area contributed by atoms with Crippen LogP contribution in [0.4, 0.5) is 0 Å². The predicted octanol–water partition coefficient (Wildman–Crippen LogP) is -1.01. The first-order valence-corrected chi connectivity index (χ1v) is 9.38. The number of carbonyl (C=O) groups excluding carboxylic acids is 3. The Morgan fingerprint density at radius 2 is 1.82 bits per heavy atom. The summed E-state index contributed by atoms with van der Waals surface area (Å²) in [4.78, 5) is 47.2. The molecule has 0 spiro atoms. The van der Waals surface area contributed by atoms with E-state index in [-0.39, 0.29) is 24.3 Å². The van der Waals surface area contributed by atoms with Crippen molar-refractivity contribution in [2.75, 3.05) is 7.11 Å². The van der Waals surface area contributed by atoms with Crippen LogP contribution in [-0.4, -0.2) is 65.3 Å². The highest BCUT2D eigenvalue weighted by molar-refractivity contribution is 5.88. The van der Waals surface area contributed by atoms with E-state index in [1.54, 1.807) is 6.92 Å². The summed E-state index contributed by atoms with van der Waals surface area (Å²) in [5.41, 5.74) is 5.43. The minimum Gasteiger partial charge on any atom is -0.480 e. The molecule has 1 fully saturated rings. The van der Waals surface area contributed by atoms with E-state index < -0.39 is 47.9 Å². The van der Waals surface area contributed by atoms with Crippen LogP contribution in [0.25, 0.3) is 0 Å². The molecule has 7 unspecified atom stereocenters. The number of ether oxygens (including phenoxy) is 1. The first kappa shape index (κ1) is 23.8. The summed E-state index contributed by atoms with van der Waals surface area (Å²) in [6.07, 6.45) is -0.338. The van der Waals surface area contributed by atoms with E-state index in [4.69, 9.17) is 5.73 Å². The average Bonchev–Trinajstić information content (AvgIpc) is 3.37. The quantitative estimate of drug-likeness (QED) is 0.274. The smallest absolute Gasteiger partial charge is 0.326 e. The van der Waals surface area contributed by atoms with Gasteiger partial charge in [-0.15, -0.1) is 0 Å². The van der Waals surface area contributed by atoms with Crippen molar-refractivity contribution in [2.24, 2.45) is 23.5 Å². The number of methoxy groups -OCH3 is 1. The maximum atomic E-state index is 12.3. The molecular weight excluding hydrogens is 370 g/mol. The van der Waals surface area contributed by atoms with Gasteiger partial charge in [-0.2, -0.15) is 0 Å². The second-order valence-electron chi connectivity index (χ2n) is 7.41.